The molecule has 0 aliphatic rings. The molecule has 0 aliphatic heterocycles. The number of hydrogen-bond donors (Lipinski definition) is 0. The minimum atomic E-state index is -5.39. The number of phosphoric acid groups is 1. The minimum Gasteiger partial charge on any atom is -0.822 e. The van der Waals surface area contributed by atoms with E-state index in [-0.39, 0.29) is 88.7 Å². The van der Waals surface area contributed by atoms with Crippen LogP contribution in [0.25, 0.3) is 0 Å². The summed E-state index contributed by atoms with van der Waals surface area (Å²) in [4.78, 5) is 25.6. The van der Waals surface area contributed by atoms with Gasteiger partial charge in [-0.15, -0.1) is 0 Å². The standard InChI is InChI=1S/C12H10O.3Na.H3O4P/c1-3-7-11(8-4-1)13-12-9-5-2-6-10-12;;;;1-5(2,3)4/h1-10H;;;;(H3,1,2,3,4)/q;3*+1;/p-3. The molecule has 0 bridgehead atoms. The number of ether oxygens (including phenoxy) is 1. The van der Waals surface area contributed by atoms with E-state index in [1.807, 2.05) is 60.7 Å². The van der Waals surface area contributed by atoms with Crippen molar-refractivity contribution in [2.45, 2.75) is 0 Å². The van der Waals surface area contributed by atoms with Gasteiger partial charge in [0, 0.05) is 0 Å². The zero-order valence-electron chi connectivity index (χ0n) is 12.3. The first-order valence-corrected chi connectivity index (χ1v) is 6.42. The summed E-state index contributed by atoms with van der Waals surface area (Å²) in [7, 11) is -5.39. The molecular weight excluding hydrogens is 324 g/mol. The molecule has 0 aliphatic carbocycles. The quantitative estimate of drug-likeness (QED) is 0.402. The first-order chi connectivity index (χ1) is 8.45. The zero-order valence-corrected chi connectivity index (χ0v) is 19.2. The van der Waals surface area contributed by atoms with Gasteiger partial charge in [0.1, 0.15) is 11.5 Å². The molecule has 0 heterocycles. The summed E-state index contributed by atoms with van der Waals surface area (Å²) in [5, 5.41) is 0. The van der Waals surface area contributed by atoms with Gasteiger partial charge in [0.05, 0.1) is 0 Å². The van der Waals surface area contributed by atoms with Crippen molar-refractivity contribution in [3.05, 3.63) is 60.7 Å². The Balaban J connectivity index is -0.000000360. The van der Waals surface area contributed by atoms with Crippen molar-refractivity contribution in [1.82, 2.24) is 0 Å². The van der Waals surface area contributed by atoms with Crippen molar-refractivity contribution in [2.24, 2.45) is 0 Å². The Labute approximate surface area is 190 Å². The van der Waals surface area contributed by atoms with E-state index in [2.05, 4.69) is 0 Å². The van der Waals surface area contributed by atoms with Crippen molar-refractivity contribution >= 4 is 7.82 Å². The van der Waals surface area contributed by atoms with Crippen LogP contribution in [0, 0.1) is 0 Å². The molecule has 2 rings (SSSR count). The Morgan fingerprint density at radius 1 is 0.667 bits per heavy atom. The van der Waals surface area contributed by atoms with E-state index < -0.39 is 7.82 Å². The van der Waals surface area contributed by atoms with Crippen LogP contribution in [0.5, 0.6) is 11.5 Å². The smallest absolute Gasteiger partial charge is 0.822 e. The van der Waals surface area contributed by atoms with Crippen LogP contribution in [0.15, 0.2) is 60.7 Å². The molecule has 0 amide bonds. The van der Waals surface area contributed by atoms with Crippen LogP contribution >= 0.6 is 7.82 Å². The molecule has 0 aromatic heterocycles. The molecule has 2 aromatic carbocycles. The molecule has 0 atom stereocenters. The van der Waals surface area contributed by atoms with Crippen LogP contribution in [-0.4, -0.2) is 0 Å². The van der Waals surface area contributed by atoms with Crippen LogP contribution in [0.1, 0.15) is 0 Å². The fourth-order valence-electron chi connectivity index (χ4n) is 1.11. The van der Waals surface area contributed by atoms with Crippen molar-refractivity contribution in [3.8, 4) is 11.5 Å². The second kappa shape index (κ2) is 14.9. The van der Waals surface area contributed by atoms with Gasteiger partial charge < -0.3 is 24.0 Å². The first kappa shape index (κ1) is 27.2. The third-order valence-corrected chi connectivity index (χ3v) is 1.72. The summed E-state index contributed by atoms with van der Waals surface area (Å²) < 4.78 is 14.1. The molecule has 0 spiro atoms. The number of benzene rings is 2. The van der Waals surface area contributed by atoms with Gasteiger partial charge in [0.2, 0.25) is 0 Å². The largest absolute Gasteiger partial charge is 1.00 e. The van der Waals surface area contributed by atoms with Crippen LogP contribution in [0.3, 0.4) is 0 Å². The maximum absolute atomic E-state index is 8.55. The average Bonchev–Trinajstić information content (AvgIpc) is 2.29. The molecule has 21 heavy (non-hydrogen) atoms. The van der Waals surface area contributed by atoms with E-state index >= 15 is 0 Å². The van der Waals surface area contributed by atoms with Gasteiger partial charge in [-0.2, -0.15) is 7.82 Å². The summed E-state index contributed by atoms with van der Waals surface area (Å²) in [6, 6.07) is 19.5. The number of para-hydroxylation sites is 2. The summed E-state index contributed by atoms with van der Waals surface area (Å²) >= 11 is 0. The maximum Gasteiger partial charge on any atom is 1.00 e. The Morgan fingerprint density at radius 3 is 1.14 bits per heavy atom. The number of rotatable bonds is 2. The van der Waals surface area contributed by atoms with Gasteiger partial charge in [0.15, 0.2) is 0 Å². The molecule has 9 heteroatoms. The van der Waals surface area contributed by atoms with Crippen LogP contribution in [-0.2, 0) is 4.57 Å². The second-order valence-electron chi connectivity index (χ2n) is 3.18. The van der Waals surface area contributed by atoms with E-state index in [9.17, 15) is 0 Å². The van der Waals surface area contributed by atoms with Crippen LogP contribution in [0.4, 0.5) is 0 Å². The van der Waals surface area contributed by atoms with Crippen LogP contribution in [0.2, 0.25) is 0 Å². The van der Waals surface area contributed by atoms with Crippen molar-refractivity contribution in [2.75, 3.05) is 0 Å². The predicted octanol–water partition coefficient (Wildman–Crippen LogP) is -8.33. The molecule has 0 saturated carbocycles. The Bertz CT molecular complexity index is 461. The zero-order chi connectivity index (χ0) is 13.4. The molecule has 0 fully saturated rings. The van der Waals surface area contributed by atoms with Gasteiger partial charge in [-0.05, 0) is 24.3 Å². The fourth-order valence-corrected chi connectivity index (χ4v) is 1.11. The van der Waals surface area contributed by atoms with Gasteiger partial charge in [-0.1, -0.05) is 36.4 Å². The summed E-state index contributed by atoms with van der Waals surface area (Å²) in [6.07, 6.45) is 0. The molecule has 96 valence electrons. The van der Waals surface area contributed by atoms with Crippen molar-refractivity contribution < 1.29 is 113 Å². The van der Waals surface area contributed by atoms with E-state index in [0.29, 0.717) is 0 Å². The van der Waals surface area contributed by atoms with E-state index in [1.165, 1.54) is 0 Å². The molecular formula is C12H10Na3O5P. The molecule has 0 radical (unpaired) electrons. The molecule has 0 unspecified atom stereocenters. The summed E-state index contributed by atoms with van der Waals surface area (Å²) in [5.41, 5.74) is 0. The summed E-state index contributed by atoms with van der Waals surface area (Å²) in [5.74, 6) is 1.74. The third kappa shape index (κ3) is 17.5. The van der Waals surface area contributed by atoms with Crippen molar-refractivity contribution in [1.29, 1.82) is 0 Å². The Hall–Kier alpha value is 1.35. The number of hydrogen-bond acceptors (Lipinski definition) is 5. The van der Waals surface area contributed by atoms with Gasteiger partial charge in [0.25, 0.3) is 0 Å². The Kier molecular flexibility index (Phi) is 19.3. The monoisotopic (exact) mass is 334 g/mol. The maximum atomic E-state index is 8.55. The average molecular weight is 334 g/mol. The van der Waals surface area contributed by atoms with Gasteiger partial charge in [-0.3, -0.25) is 0 Å². The van der Waals surface area contributed by atoms with E-state index in [4.69, 9.17) is 24.0 Å². The summed E-state index contributed by atoms with van der Waals surface area (Å²) in [6.45, 7) is 0. The fraction of sp³-hybridized carbons (Fsp3) is 0. The van der Waals surface area contributed by atoms with Crippen molar-refractivity contribution in [3.63, 3.8) is 0 Å². The molecule has 2 aromatic rings. The van der Waals surface area contributed by atoms with E-state index in [1.54, 1.807) is 0 Å². The topological polar surface area (TPSA) is 95.5 Å². The molecule has 0 N–H and O–H groups in total. The molecule has 5 nitrogen and oxygen atoms in total. The third-order valence-electron chi connectivity index (χ3n) is 1.72. The second-order valence-corrected chi connectivity index (χ2v) is 4.07. The predicted molar refractivity (Wildman–Crippen MR) is 60.6 cm³/mol. The Morgan fingerprint density at radius 2 is 0.905 bits per heavy atom. The van der Waals surface area contributed by atoms with Gasteiger partial charge in [-0.25, -0.2) is 0 Å². The minimum absolute atomic E-state index is 0. The normalized spacial score (nSPS) is 8.71. The SMILES string of the molecule is O=P([O-])([O-])[O-].[Na+].[Na+].[Na+].c1ccc(Oc2ccccc2)cc1. The molecule has 0 saturated heterocycles. The first-order valence-electron chi connectivity index (χ1n) is 4.96. The van der Waals surface area contributed by atoms with Crippen LogP contribution < -0.4 is 108 Å². The van der Waals surface area contributed by atoms with Gasteiger partial charge >= 0.3 is 88.7 Å². The van der Waals surface area contributed by atoms with E-state index in [0.717, 1.165) is 11.5 Å².